The monoisotopic (exact) mass is 647 g/mol. The zero-order chi connectivity index (χ0) is 32.3. The van der Waals surface area contributed by atoms with Crippen LogP contribution in [0.2, 0.25) is 5.02 Å². The summed E-state index contributed by atoms with van der Waals surface area (Å²) in [5, 5.41) is 15.7. The molecule has 2 atom stereocenters. The highest BCUT2D eigenvalue weighted by Gasteiger charge is 2.37. The highest BCUT2D eigenvalue weighted by molar-refractivity contribution is 6.34. The predicted molar refractivity (Wildman–Crippen MR) is 157 cm³/mol. The van der Waals surface area contributed by atoms with Gasteiger partial charge in [-0.1, -0.05) is 11.6 Å². The van der Waals surface area contributed by atoms with Crippen LogP contribution in [0.5, 0.6) is 0 Å². The minimum Gasteiger partial charge on any atom is -0.483 e. The number of fused-ring (bicyclic) bond motifs is 1. The number of carbonyl (C=O) groups excluding carboxylic acids is 2. The van der Waals surface area contributed by atoms with Crippen LogP contribution >= 0.6 is 11.6 Å². The number of rotatable bonds is 5. The van der Waals surface area contributed by atoms with Crippen molar-refractivity contribution < 1.29 is 32.7 Å². The number of nitrogens with one attached hydrogen (secondary N) is 2. The maximum absolute atomic E-state index is 13.4. The van der Waals surface area contributed by atoms with Crippen molar-refractivity contribution in [1.29, 1.82) is 0 Å². The van der Waals surface area contributed by atoms with Crippen LogP contribution in [-0.4, -0.2) is 90.0 Å². The summed E-state index contributed by atoms with van der Waals surface area (Å²) < 4.78 is 41.7. The van der Waals surface area contributed by atoms with E-state index in [0.717, 1.165) is 19.0 Å². The molecule has 3 aromatic heterocycles. The summed E-state index contributed by atoms with van der Waals surface area (Å²) >= 11 is 6.52. The maximum Gasteiger partial charge on any atom is 0.433 e. The van der Waals surface area contributed by atoms with Gasteiger partial charge >= 0.3 is 6.18 Å². The smallest absolute Gasteiger partial charge is 0.433 e. The third kappa shape index (κ3) is 6.71. The van der Waals surface area contributed by atoms with Gasteiger partial charge in [0, 0.05) is 56.2 Å². The number of anilines is 2. The second-order valence-corrected chi connectivity index (χ2v) is 11.0. The predicted octanol–water partition coefficient (Wildman–Crippen LogP) is 3.65. The molecule has 238 valence electrons. The fraction of sp³-hybridized carbons (Fsp3) is 0.357. The third-order valence-corrected chi connectivity index (χ3v) is 8.10. The number of nitrogens with zero attached hydrogens (tertiary/aromatic N) is 6. The first kappa shape index (κ1) is 31.7. The molecule has 1 aliphatic heterocycles. The van der Waals surface area contributed by atoms with Gasteiger partial charge in [0.2, 0.25) is 5.91 Å². The first-order valence-electron chi connectivity index (χ1n) is 13.9. The molecule has 6 rings (SSSR count). The highest BCUT2D eigenvalue weighted by Crippen LogP contribution is 2.36. The van der Waals surface area contributed by atoms with E-state index in [4.69, 9.17) is 27.2 Å². The number of halogens is 4. The number of carboxylic acid groups (broad SMARTS) is 1. The van der Waals surface area contributed by atoms with Gasteiger partial charge in [0.1, 0.15) is 5.69 Å². The van der Waals surface area contributed by atoms with Gasteiger partial charge in [-0.25, -0.2) is 9.97 Å². The Labute approximate surface area is 259 Å². The van der Waals surface area contributed by atoms with Gasteiger partial charge in [0.15, 0.2) is 11.5 Å². The number of H-pyrrole nitrogens is 1. The topological polar surface area (TPSA) is 175 Å². The Morgan fingerprint density at radius 1 is 1.11 bits per heavy atom. The lowest BCUT2D eigenvalue weighted by atomic mass is 10.1. The average molecular weight is 648 g/mol. The van der Waals surface area contributed by atoms with Crippen LogP contribution in [0.25, 0.3) is 16.9 Å². The maximum atomic E-state index is 13.4. The summed E-state index contributed by atoms with van der Waals surface area (Å²) in [7, 11) is 0. The van der Waals surface area contributed by atoms with Gasteiger partial charge in [-0.05, 0) is 37.5 Å². The van der Waals surface area contributed by atoms with Crippen molar-refractivity contribution in [3.05, 3.63) is 59.3 Å². The summed E-state index contributed by atoms with van der Waals surface area (Å²) in [6.45, 7) is 1.47. The number of imidazole rings is 1. The molecular formula is C28H29ClF3N9O4. The molecule has 0 unspecified atom stereocenters. The minimum atomic E-state index is -4.62. The Morgan fingerprint density at radius 3 is 2.47 bits per heavy atom. The number of piperazine rings is 1. The summed E-state index contributed by atoms with van der Waals surface area (Å²) in [6.07, 6.45) is 3.11. The Morgan fingerprint density at radius 2 is 1.82 bits per heavy atom. The largest absolute Gasteiger partial charge is 0.483 e. The molecule has 1 saturated carbocycles. The molecule has 45 heavy (non-hydrogen) atoms. The lowest BCUT2D eigenvalue weighted by molar-refractivity contribution is -0.140. The average Bonchev–Trinajstić information content (AvgIpc) is 3.77. The van der Waals surface area contributed by atoms with Crippen molar-refractivity contribution in [2.24, 2.45) is 11.7 Å². The number of benzene rings is 1. The molecular weight excluding hydrogens is 619 g/mol. The van der Waals surface area contributed by atoms with Crippen molar-refractivity contribution in [2.75, 3.05) is 31.5 Å². The van der Waals surface area contributed by atoms with Crippen LogP contribution in [0.15, 0.2) is 43.0 Å². The van der Waals surface area contributed by atoms with Crippen molar-refractivity contribution in [3.63, 3.8) is 0 Å². The van der Waals surface area contributed by atoms with Crippen LogP contribution in [0.1, 0.15) is 35.3 Å². The van der Waals surface area contributed by atoms with Gasteiger partial charge in [-0.15, -0.1) is 0 Å². The summed E-state index contributed by atoms with van der Waals surface area (Å²) in [5.74, 6) is 0.121. The van der Waals surface area contributed by atoms with Crippen LogP contribution in [-0.2, 0) is 15.8 Å². The fourth-order valence-electron chi connectivity index (χ4n) is 5.61. The van der Waals surface area contributed by atoms with Gasteiger partial charge in [0.25, 0.3) is 12.4 Å². The molecule has 13 nitrogen and oxygen atoms in total. The highest BCUT2D eigenvalue weighted by atomic mass is 35.5. The van der Waals surface area contributed by atoms with Crippen molar-refractivity contribution in [2.45, 2.75) is 31.5 Å². The van der Waals surface area contributed by atoms with E-state index in [1.54, 1.807) is 23.1 Å². The number of carbonyl (C=O) groups is 3. The number of nitrogens with two attached hydrogens (primary N) is 1. The van der Waals surface area contributed by atoms with Gasteiger partial charge in [-0.3, -0.25) is 23.9 Å². The zero-order valence-corrected chi connectivity index (χ0v) is 24.4. The zero-order valence-electron chi connectivity index (χ0n) is 23.7. The van der Waals surface area contributed by atoms with Crippen molar-refractivity contribution in [1.82, 2.24) is 34.4 Å². The van der Waals surface area contributed by atoms with Gasteiger partial charge in [0.05, 0.1) is 34.2 Å². The molecule has 1 saturated heterocycles. The lowest BCUT2D eigenvalue weighted by Crippen LogP contribution is -2.51. The molecule has 17 heteroatoms. The van der Waals surface area contributed by atoms with E-state index < -0.39 is 11.9 Å². The Balaban J connectivity index is 0.00000128. The van der Waals surface area contributed by atoms with Crippen LogP contribution in [0.4, 0.5) is 24.7 Å². The number of alkyl halides is 3. The lowest BCUT2D eigenvalue weighted by Gasteiger charge is -2.36. The normalized spacial score (nSPS) is 18.4. The molecule has 0 spiro atoms. The molecule has 4 heterocycles. The molecule has 2 aliphatic rings. The first-order chi connectivity index (χ1) is 21.5. The molecule has 1 aliphatic carbocycles. The molecule has 1 aromatic carbocycles. The summed E-state index contributed by atoms with van der Waals surface area (Å²) in [4.78, 5) is 46.5. The van der Waals surface area contributed by atoms with Crippen LogP contribution in [0, 0.1) is 5.92 Å². The Bertz CT molecular complexity index is 1700. The van der Waals surface area contributed by atoms with Crippen molar-refractivity contribution in [3.8, 4) is 11.3 Å². The number of hydrogen-bond donors (Lipinski definition) is 4. The van der Waals surface area contributed by atoms with E-state index in [9.17, 15) is 22.8 Å². The number of aromatic amines is 1. The number of aromatic nitrogens is 5. The van der Waals surface area contributed by atoms with Crippen LogP contribution < -0.4 is 11.1 Å². The fourth-order valence-corrected chi connectivity index (χ4v) is 5.87. The van der Waals surface area contributed by atoms with Gasteiger partial charge in [-0.2, -0.15) is 18.3 Å². The number of amides is 2. The molecule has 0 bridgehead atoms. The third-order valence-electron chi connectivity index (χ3n) is 7.79. The Kier molecular flexibility index (Phi) is 9.24. The SMILES string of the molecule is N[C@H]1CC[C@H](C(=O)N2CCN(C(=O)c3ccc(Nc4nccn5c(-c6cn[nH]c6C(F)(F)F)cnc45)cc3Cl)CC2)C1.O=CO. The summed E-state index contributed by atoms with van der Waals surface area (Å²) in [5.41, 5.74) is 6.13. The summed E-state index contributed by atoms with van der Waals surface area (Å²) in [6, 6.07) is 4.92. The quantitative estimate of drug-likeness (QED) is 0.236. The van der Waals surface area contributed by atoms with Crippen LogP contribution in [0.3, 0.4) is 0 Å². The molecule has 2 amide bonds. The number of hydrogen-bond acceptors (Lipinski definition) is 8. The van der Waals surface area contributed by atoms with E-state index in [0.29, 0.717) is 43.9 Å². The van der Waals surface area contributed by atoms with E-state index in [1.165, 1.54) is 23.0 Å². The first-order valence-corrected chi connectivity index (χ1v) is 14.3. The van der Waals surface area contributed by atoms with E-state index in [2.05, 4.69) is 20.4 Å². The Hall–Kier alpha value is -4.70. The van der Waals surface area contributed by atoms with Crippen molar-refractivity contribution >= 4 is 47.0 Å². The molecule has 5 N–H and O–H groups in total. The standard InChI is InChI=1S/C27H27ClF3N9O2.CH2O2/c28-20-12-17(3-4-18(20)26(42)39-9-7-38(8-10-39)25(41)15-1-2-16(32)11-15)36-23-24-34-14-21(40(24)6-5-33-23)19-13-35-37-22(19)27(29,30)31;2-1-3/h3-6,12-16H,1-2,7-11,32H2,(H,33,36)(H,35,37);1H,(H,2,3)/t15-,16-;/m0./s1. The van der Waals surface area contributed by atoms with E-state index >= 15 is 0 Å². The molecule has 0 radical (unpaired) electrons. The molecule has 2 fully saturated rings. The van der Waals surface area contributed by atoms with E-state index in [1.807, 2.05) is 10.00 Å². The molecule has 4 aromatic rings. The second-order valence-electron chi connectivity index (χ2n) is 10.6. The van der Waals surface area contributed by atoms with Gasteiger partial charge < -0.3 is 26.0 Å². The minimum absolute atomic E-state index is 0.0337. The van der Waals surface area contributed by atoms with E-state index in [-0.39, 0.29) is 58.0 Å². The second kappa shape index (κ2) is 13.1.